The zero-order chi connectivity index (χ0) is 20.7. The van der Waals surface area contributed by atoms with Gasteiger partial charge in [0, 0.05) is 24.4 Å². The van der Waals surface area contributed by atoms with Gasteiger partial charge in [0.1, 0.15) is 5.92 Å². The van der Waals surface area contributed by atoms with E-state index in [-0.39, 0.29) is 11.8 Å². The fourth-order valence-corrected chi connectivity index (χ4v) is 3.50. The third-order valence-electron chi connectivity index (χ3n) is 5.30. The molecular formula is C22H31N3O3. The van der Waals surface area contributed by atoms with Crippen LogP contribution in [0.4, 0.5) is 0 Å². The van der Waals surface area contributed by atoms with Crippen LogP contribution in [0, 0.1) is 5.92 Å². The molecule has 1 aromatic carbocycles. The summed E-state index contributed by atoms with van der Waals surface area (Å²) in [6, 6.07) is 8.53. The van der Waals surface area contributed by atoms with Crippen molar-refractivity contribution < 1.29 is 14.7 Å². The van der Waals surface area contributed by atoms with Gasteiger partial charge in [-0.05, 0) is 50.1 Å². The molecule has 4 N–H and O–H groups in total. The highest BCUT2D eigenvalue weighted by molar-refractivity contribution is 6.07. The Morgan fingerprint density at radius 1 is 1.25 bits per heavy atom. The highest BCUT2D eigenvalue weighted by Gasteiger charge is 2.26. The highest BCUT2D eigenvalue weighted by Crippen LogP contribution is 2.22. The smallest absolute Gasteiger partial charge is 0.314 e. The van der Waals surface area contributed by atoms with E-state index >= 15 is 0 Å². The Labute approximate surface area is 167 Å². The fourth-order valence-electron chi connectivity index (χ4n) is 3.50. The summed E-state index contributed by atoms with van der Waals surface area (Å²) in [5, 5.41) is 12.7. The van der Waals surface area contributed by atoms with Gasteiger partial charge in [0.15, 0.2) is 5.78 Å². The number of carbonyl (C=O) groups is 2. The first-order chi connectivity index (χ1) is 13.4. The highest BCUT2D eigenvalue weighted by atomic mass is 16.4. The van der Waals surface area contributed by atoms with E-state index in [9.17, 15) is 14.7 Å². The standard InChI is InChI=1S/C22H31N3O3/c1-4-25(5-2)14-18(21(26)15(3)22(27)28)12-20(13-23)24-19-10-16-8-6-7-9-17(16)11-19/h6-9,12-13,15,19,24H,4-5,10-11,14,23H2,1-3H3,(H,27,28)/b18-12+,20-13+. The first-order valence-electron chi connectivity index (χ1n) is 9.84. The molecule has 1 aliphatic carbocycles. The number of rotatable bonds is 10. The first-order valence-corrected chi connectivity index (χ1v) is 9.84. The van der Waals surface area contributed by atoms with Gasteiger partial charge in [-0.25, -0.2) is 0 Å². The molecule has 0 bridgehead atoms. The van der Waals surface area contributed by atoms with Gasteiger partial charge in [-0.2, -0.15) is 0 Å². The molecule has 28 heavy (non-hydrogen) atoms. The van der Waals surface area contributed by atoms with Crippen LogP contribution in [0.15, 0.2) is 47.8 Å². The van der Waals surface area contributed by atoms with Crippen molar-refractivity contribution in [3.8, 4) is 0 Å². The Morgan fingerprint density at radius 2 is 1.82 bits per heavy atom. The molecule has 0 radical (unpaired) electrons. The van der Waals surface area contributed by atoms with E-state index in [4.69, 9.17) is 5.73 Å². The van der Waals surface area contributed by atoms with E-state index in [1.54, 1.807) is 6.08 Å². The Bertz CT molecular complexity index is 741. The Kier molecular flexibility index (Phi) is 7.81. The number of hydrogen-bond donors (Lipinski definition) is 3. The third kappa shape index (κ3) is 5.45. The third-order valence-corrected chi connectivity index (χ3v) is 5.30. The van der Waals surface area contributed by atoms with Crippen LogP contribution in [0.1, 0.15) is 31.9 Å². The molecule has 0 amide bonds. The quantitative estimate of drug-likeness (QED) is 0.324. The second-order valence-electron chi connectivity index (χ2n) is 7.20. The summed E-state index contributed by atoms with van der Waals surface area (Å²) in [5.74, 6) is -2.58. The van der Waals surface area contributed by atoms with Gasteiger partial charge in [0.05, 0.1) is 5.70 Å². The van der Waals surface area contributed by atoms with Crippen molar-refractivity contribution in [3.63, 3.8) is 0 Å². The van der Waals surface area contributed by atoms with Crippen LogP contribution >= 0.6 is 0 Å². The number of fused-ring (bicyclic) bond motifs is 1. The van der Waals surface area contributed by atoms with E-state index in [0.717, 1.165) is 25.9 Å². The molecule has 6 nitrogen and oxygen atoms in total. The lowest BCUT2D eigenvalue weighted by molar-refractivity contribution is -0.144. The van der Waals surface area contributed by atoms with Crippen molar-refractivity contribution in [2.45, 2.75) is 39.7 Å². The summed E-state index contributed by atoms with van der Waals surface area (Å²) in [4.78, 5) is 26.1. The molecule has 0 fully saturated rings. The number of carboxylic acid groups (broad SMARTS) is 1. The molecule has 2 rings (SSSR count). The number of aliphatic carboxylic acids is 1. The summed E-state index contributed by atoms with van der Waals surface area (Å²) in [5.41, 5.74) is 9.56. The number of benzene rings is 1. The maximum atomic E-state index is 12.7. The molecule has 0 spiro atoms. The number of Topliss-reactive ketones (excluding diaryl/α,β-unsaturated/α-hetero) is 1. The van der Waals surface area contributed by atoms with E-state index in [2.05, 4.69) is 22.3 Å². The van der Waals surface area contributed by atoms with Crippen molar-refractivity contribution in [3.05, 3.63) is 58.9 Å². The summed E-state index contributed by atoms with van der Waals surface area (Å²) < 4.78 is 0. The average molecular weight is 386 g/mol. The van der Waals surface area contributed by atoms with Crippen LogP contribution < -0.4 is 11.1 Å². The molecule has 0 saturated heterocycles. The SMILES string of the molecule is CCN(CC)C/C(=C\C(=C/N)NC1Cc2ccccc2C1)C(=O)C(C)C(=O)O. The summed E-state index contributed by atoms with van der Waals surface area (Å²) in [6.07, 6.45) is 4.95. The molecule has 152 valence electrons. The summed E-state index contributed by atoms with van der Waals surface area (Å²) in [7, 11) is 0. The summed E-state index contributed by atoms with van der Waals surface area (Å²) >= 11 is 0. The number of nitrogens with one attached hydrogen (secondary N) is 1. The van der Waals surface area contributed by atoms with E-state index < -0.39 is 11.9 Å². The van der Waals surface area contributed by atoms with Gasteiger partial charge in [-0.15, -0.1) is 0 Å². The predicted octanol–water partition coefficient (Wildman–Crippen LogP) is 2.10. The number of carbonyl (C=O) groups excluding carboxylic acids is 1. The monoisotopic (exact) mass is 385 g/mol. The lowest BCUT2D eigenvalue weighted by Crippen LogP contribution is -2.33. The molecule has 1 unspecified atom stereocenters. The normalized spacial score (nSPS) is 16.1. The van der Waals surface area contributed by atoms with Crippen molar-refractivity contribution in [2.24, 2.45) is 11.7 Å². The number of hydrogen-bond acceptors (Lipinski definition) is 5. The van der Waals surface area contributed by atoms with Crippen LogP contribution in [-0.4, -0.2) is 47.4 Å². The molecule has 0 aromatic heterocycles. The Hall–Kier alpha value is -2.60. The molecule has 0 saturated carbocycles. The van der Waals surface area contributed by atoms with Gasteiger partial charge < -0.3 is 16.2 Å². The van der Waals surface area contributed by atoms with E-state index in [1.807, 2.05) is 26.0 Å². The minimum atomic E-state index is -1.12. The first kappa shape index (κ1) is 21.7. The summed E-state index contributed by atoms with van der Waals surface area (Å²) in [6.45, 7) is 7.39. The number of nitrogens with two attached hydrogens (primary N) is 1. The van der Waals surface area contributed by atoms with Crippen LogP contribution in [0.2, 0.25) is 0 Å². The molecule has 1 atom stereocenters. The number of allylic oxidation sites excluding steroid dienone is 1. The number of likely N-dealkylation sites (N-methyl/N-ethyl adjacent to an activating group) is 1. The number of carboxylic acids is 1. The van der Waals surface area contributed by atoms with Gasteiger partial charge in [-0.3, -0.25) is 14.5 Å². The fraction of sp³-hybridized carbons (Fsp3) is 0.455. The van der Waals surface area contributed by atoms with Crippen LogP contribution in [0.25, 0.3) is 0 Å². The van der Waals surface area contributed by atoms with Crippen LogP contribution in [0.3, 0.4) is 0 Å². The van der Waals surface area contributed by atoms with Crippen molar-refractivity contribution in [1.29, 1.82) is 0 Å². The predicted molar refractivity (Wildman–Crippen MR) is 111 cm³/mol. The van der Waals surface area contributed by atoms with Gasteiger partial charge in [0.25, 0.3) is 0 Å². The van der Waals surface area contributed by atoms with Crippen molar-refractivity contribution in [2.75, 3.05) is 19.6 Å². The lowest BCUT2D eigenvalue weighted by atomic mass is 9.97. The van der Waals surface area contributed by atoms with E-state index in [0.29, 0.717) is 17.8 Å². The van der Waals surface area contributed by atoms with Gasteiger partial charge in [0.2, 0.25) is 0 Å². The van der Waals surface area contributed by atoms with Crippen LogP contribution in [-0.2, 0) is 22.4 Å². The van der Waals surface area contributed by atoms with E-state index in [1.165, 1.54) is 24.3 Å². The lowest BCUT2D eigenvalue weighted by Gasteiger charge is -2.22. The molecule has 6 heteroatoms. The number of nitrogens with zero attached hydrogens (tertiary/aromatic N) is 1. The molecule has 1 aliphatic rings. The molecule has 0 heterocycles. The zero-order valence-electron chi connectivity index (χ0n) is 16.9. The number of ketones is 1. The maximum Gasteiger partial charge on any atom is 0.314 e. The van der Waals surface area contributed by atoms with Gasteiger partial charge in [-0.1, -0.05) is 38.1 Å². The van der Waals surface area contributed by atoms with Crippen molar-refractivity contribution in [1.82, 2.24) is 10.2 Å². The minimum absolute atomic E-state index is 0.199. The maximum absolute atomic E-state index is 12.7. The topological polar surface area (TPSA) is 95.7 Å². The Balaban J connectivity index is 2.19. The Morgan fingerprint density at radius 3 is 2.29 bits per heavy atom. The zero-order valence-corrected chi connectivity index (χ0v) is 16.9. The second kappa shape index (κ2) is 10.1. The largest absolute Gasteiger partial charge is 0.481 e. The van der Waals surface area contributed by atoms with Crippen LogP contribution in [0.5, 0.6) is 0 Å². The second-order valence-corrected chi connectivity index (χ2v) is 7.20. The molecular weight excluding hydrogens is 354 g/mol. The average Bonchev–Trinajstić information content (AvgIpc) is 3.11. The minimum Gasteiger partial charge on any atom is -0.481 e. The molecule has 1 aromatic rings. The van der Waals surface area contributed by atoms with Crippen molar-refractivity contribution >= 4 is 11.8 Å². The van der Waals surface area contributed by atoms with Gasteiger partial charge >= 0.3 is 5.97 Å². The molecule has 0 aliphatic heterocycles.